The number of hydrogen-bond donors (Lipinski definition) is 3. The fourth-order valence-electron chi connectivity index (χ4n) is 6.21. The lowest BCUT2D eigenvalue weighted by atomic mass is 9.68. The van der Waals surface area contributed by atoms with Gasteiger partial charge in [-0.05, 0) is 36.7 Å². The van der Waals surface area contributed by atoms with Crippen molar-refractivity contribution >= 4 is 17.8 Å². The Labute approximate surface area is 215 Å². The van der Waals surface area contributed by atoms with E-state index < -0.39 is 23.8 Å². The first-order valence-corrected chi connectivity index (χ1v) is 12.9. The summed E-state index contributed by atoms with van der Waals surface area (Å²) in [5, 5.41) is 19.4. The van der Waals surface area contributed by atoms with Crippen LogP contribution in [0.4, 0.5) is 0 Å². The molecule has 0 spiro atoms. The molecule has 3 fully saturated rings. The number of piperidine rings is 3. The number of fused-ring (bicyclic) bond motifs is 3. The van der Waals surface area contributed by atoms with Crippen LogP contribution in [0.2, 0.25) is 0 Å². The minimum Gasteiger partial charge on any atom is -1.00 e. The van der Waals surface area contributed by atoms with Gasteiger partial charge in [0.15, 0.2) is 0 Å². The summed E-state index contributed by atoms with van der Waals surface area (Å²) >= 11 is 0. The molecule has 0 aliphatic carbocycles. The smallest absolute Gasteiger partial charge is 0.307 e. The normalized spacial score (nSPS) is 24.8. The molecule has 4 N–H and O–H groups in total. The van der Waals surface area contributed by atoms with Gasteiger partial charge in [0.05, 0.1) is 38.0 Å². The van der Waals surface area contributed by atoms with Gasteiger partial charge in [-0.25, -0.2) is 0 Å². The number of nitrogens with zero attached hydrogens (tertiary/aromatic N) is 1. The molecule has 2 bridgehead atoms. The van der Waals surface area contributed by atoms with Crippen molar-refractivity contribution in [3.05, 3.63) is 35.9 Å². The predicted molar refractivity (Wildman–Crippen MR) is 130 cm³/mol. The number of hydrogen-bond acceptors (Lipinski definition) is 3. The van der Waals surface area contributed by atoms with Crippen LogP contribution in [-0.4, -0.2) is 58.7 Å². The van der Waals surface area contributed by atoms with Crippen LogP contribution in [0.5, 0.6) is 0 Å². The van der Waals surface area contributed by atoms with Gasteiger partial charge in [0.1, 0.15) is 0 Å². The number of unbranched alkanes of at least 4 members (excludes halogenated alkanes) is 4. The van der Waals surface area contributed by atoms with E-state index in [4.69, 9.17) is 5.73 Å². The molecule has 35 heavy (non-hydrogen) atoms. The van der Waals surface area contributed by atoms with Crippen LogP contribution in [0, 0.1) is 17.3 Å². The number of amides is 1. The molecule has 1 aromatic carbocycles. The first kappa shape index (κ1) is 29.1. The molecule has 0 aromatic heterocycles. The average Bonchev–Trinajstić information content (AvgIpc) is 2.81. The Morgan fingerprint density at radius 1 is 0.857 bits per heavy atom. The maximum Gasteiger partial charge on any atom is 0.307 e. The molecule has 3 heterocycles. The molecule has 4 rings (SSSR count). The lowest BCUT2D eigenvalue weighted by molar-refractivity contribution is -0.945. The monoisotopic (exact) mass is 508 g/mol. The molecule has 2 atom stereocenters. The number of carboxylic acids is 2. The summed E-state index contributed by atoms with van der Waals surface area (Å²) in [6, 6.07) is 9.26. The highest BCUT2D eigenvalue weighted by molar-refractivity contribution is 5.80. The van der Waals surface area contributed by atoms with Gasteiger partial charge in [-0.1, -0.05) is 49.6 Å². The Kier molecular flexibility index (Phi) is 11.0. The van der Waals surface area contributed by atoms with Gasteiger partial charge in [-0.3, -0.25) is 14.4 Å². The minimum absolute atomic E-state index is 0. The van der Waals surface area contributed by atoms with E-state index in [1.165, 1.54) is 11.0 Å². The van der Waals surface area contributed by atoms with Crippen LogP contribution in [0.25, 0.3) is 0 Å². The number of primary amides is 1. The van der Waals surface area contributed by atoms with Crippen molar-refractivity contribution in [1.82, 2.24) is 0 Å². The summed E-state index contributed by atoms with van der Waals surface area (Å²) in [5.74, 6) is -3.98. The maximum absolute atomic E-state index is 11.8. The van der Waals surface area contributed by atoms with Crippen molar-refractivity contribution in [2.45, 2.75) is 70.6 Å². The van der Waals surface area contributed by atoms with Gasteiger partial charge < -0.3 is 32.8 Å². The third-order valence-corrected chi connectivity index (χ3v) is 8.46. The number of quaternary nitrogens is 1. The quantitative estimate of drug-likeness (QED) is 0.240. The Morgan fingerprint density at radius 2 is 1.40 bits per heavy atom. The van der Waals surface area contributed by atoms with Crippen molar-refractivity contribution in [3.8, 4) is 0 Å². The zero-order chi connectivity index (χ0) is 24.6. The lowest BCUT2D eigenvalue weighted by Crippen LogP contribution is -3.00. The zero-order valence-corrected chi connectivity index (χ0v) is 21.4. The topological polar surface area (TPSA) is 118 Å². The Morgan fingerprint density at radius 3 is 1.94 bits per heavy atom. The molecule has 0 saturated carbocycles. The Balaban J connectivity index is 0.00000432. The summed E-state index contributed by atoms with van der Waals surface area (Å²) in [5.41, 5.74) is 6.49. The molecule has 8 heteroatoms. The number of benzene rings is 1. The second-order valence-electron chi connectivity index (χ2n) is 10.8. The molecule has 196 valence electrons. The fourth-order valence-corrected chi connectivity index (χ4v) is 6.21. The van der Waals surface area contributed by atoms with Gasteiger partial charge in [-0.15, -0.1) is 0 Å². The summed E-state index contributed by atoms with van der Waals surface area (Å²) in [6.07, 6.45) is 9.53. The van der Waals surface area contributed by atoms with E-state index in [1.807, 2.05) is 30.3 Å². The highest BCUT2D eigenvalue weighted by Crippen LogP contribution is 2.46. The summed E-state index contributed by atoms with van der Waals surface area (Å²) in [4.78, 5) is 35.1. The second kappa shape index (κ2) is 13.3. The Bertz CT molecular complexity index is 823. The predicted octanol–water partition coefficient (Wildman–Crippen LogP) is 0.851. The van der Waals surface area contributed by atoms with E-state index in [1.54, 1.807) is 0 Å². The van der Waals surface area contributed by atoms with Crippen LogP contribution in [0.3, 0.4) is 0 Å². The van der Waals surface area contributed by atoms with Crippen LogP contribution >= 0.6 is 0 Å². The van der Waals surface area contributed by atoms with Gasteiger partial charge in [0.25, 0.3) is 0 Å². The molecule has 0 unspecified atom stereocenters. The number of carbonyl (C=O) groups is 3. The van der Waals surface area contributed by atoms with Crippen molar-refractivity contribution in [1.29, 1.82) is 0 Å². The largest absolute Gasteiger partial charge is 1.00 e. The summed E-state index contributed by atoms with van der Waals surface area (Å²) in [7, 11) is 0. The first-order chi connectivity index (χ1) is 16.2. The van der Waals surface area contributed by atoms with E-state index in [-0.39, 0.29) is 30.2 Å². The van der Waals surface area contributed by atoms with E-state index in [2.05, 4.69) is 0 Å². The van der Waals surface area contributed by atoms with E-state index >= 15 is 0 Å². The van der Waals surface area contributed by atoms with Gasteiger partial charge in [0.2, 0.25) is 5.91 Å². The minimum atomic E-state index is -1.03. The zero-order valence-electron chi connectivity index (χ0n) is 20.7. The molecule has 7 nitrogen and oxygen atoms in total. The molecular weight excluding hydrogens is 468 g/mol. The van der Waals surface area contributed by atoms with Gasteiger partial charge >= 0.3 is 11.9 Å². The number of halogens is 1. The highest BCUT2D eigenvalue weighted by Gasteiger charge is 2.49. The van der Waals surface area contributed by atoms with Crippen molar-refractivity contribution in [3.63, 3.8) is 0 Å². The molecule has 0 radical (unpaired) electrons. The van der Waals surface area contributed by atoms with Crippen LogP contribution in [0.1, 0.15) is 69.8 Å². The van der Waals surface area contributed by atoms with Crippen molar-refractivity contribution in [2.24, 2.45) is 23.0 Å². The standard InChI is InChI=1S/C27H40N2O5.ClH/c28-24(30)20-27-12-16-29(17-13-27,18-14-27)15-8-3-1-2-7-11-22(25(31)32)23(26(33)34)19-21-9-5-4-6-10-21;/h4-6,9-10,22-23H,1-3,7-8,11-20H2,(H3-,28,30,31,32,33,34);1H/t22-,23-,27?,29?;/m0./s1. The number of carbonyl (C=O) groups excluding carboxylic acids is 1. The molecule has 3 saturated heterocycles. The van der Waals surface area contributed by atoms with Crippen LogP contribution in [0.15, 0.2) is 30.3 Å². The molecule has 3 aliphatic rings. The maximum atomic E-state index is 11.8. The van der Waals surface area contributed by atoms with Crippen LogP contribution in [-0.2, 0) is 20.8 Å². The number of rotatable bonds is 15. The molecule has 3 aliphatic heterocycles. The SMILES string of the molecule is NC(=O)CC12CC[N+](CCCCCCC[C@H](C(=O)O)[C@H](Cc3ccccc3)C(=O)O)(CC1)CC2.[Cl-]. The Hall–Kier alpha value is -2.12. The van der Waals surface area contributed by atoms with E-state index in [0.29, 0.717) is 12.8 Å². The summed E-state index contributed by atoms with van der Waals surface area (Å²) < 4.78 is 1.18. The lowest BCUT2D eigenvalue weighted by Gasteiger charge is -2.54. The van der Waals surface area contributed by atoms with E-state index in [9.17, 15) is 24.6 Å². The van der Waals surface area contributed by atoms with Crippen molar-refractivity contribution < 1.29 is 41.5 Å². The number of nitrogens with two attached hydrogens (primary N) is 1. The fraction of sp³-hybridized carbons (Fsp3) is 0.667. The van der Waals surface area contributed by atoms with Gasteiger partial charge in [-0.2, -0.15) is 0 Å². The number of aliphatic carboxylic acids is 2. The molecule has 1 aromatic rings. The third kappa shape index (κ3) is 8.21. The van der Waals surface area contributed by atoms with Crippen molar-refractivity contribution in [2.75, 3.05) is 26.2 Å². The number of carboxylic acid groups (broad SMARTS) is 2. The molecule has 1 amide bonds. The first-order valence-electron chi connectivity index (χ1n) is 12.9. The van der Waals surface area contributed by atoms with E-state index in [0.717, 1.165) is 76.6 Å². The highest BCUT2D eigenvalue weighted by atomic mass is 35.5. The summed E-state index contributed by atoms with van der Waals surface area (Å²) in [6.45, 7) is 4.66. The van der Waals surface area contributed by atoms with Crippen LogP contribution < -0.4 is 18.1 Å². The third-order valence-electron chi connectivity index (χ3n) is 8.46. The van der Waals surface area contributed by atoms with Gasteiger partial charge in [0, 0.05) is 25.7 Å². The second-order valence-corrected chi connectivity index (χ2v) is 10.8. The average molecular weight is 509 g/mol. The molecular formula is C27H41ClN2O5.